The molecule has 1 saturated carbocycles. The SMILES string of the molecule is Fc1cc(F)cc(NC2CCCCCCC2)c1. The highest BCUT2D eigenvalue weighted by molar-refractivity contribution is 5.44. The average Bonchev–Trinajstić information content (AvgIpc) is 2.20. The van der Waals surface area contributed by atoms with Crippen LogP contribution in [0.1, 0.15) is 44.9 Å². The van der Waals surface area contributed by atoms with E-state index in [1.807, 2.05) is 0 Å². The number of anilines is 1. The molecule has 0 heterocycles. The molecule has 0 radical (unpaired) electrons. The molecule has 0 unspecified atom stereocenters. The van der Waals surface area contributed by atoms with Crippen LogP contribution < -0.4 is 5.32 Å². The summed E-state index contributed by atoms with van der Waals surface area (Å²) in [5.41, 5.74) is 0.563. The first-order valence-electron chi connectivity index (χ1n) is 6.47. The Morgan fingerprint density at radius 2 is 1.35 bits per heavy atom. The third kappa shape index (κ3) is 3.99. The summed E-state index contributed by atoms with van der Waals surface area (Å²) in [6.45, 7) is 0. The second-order valence-corrected chi connectivity index (χ2v) is 4.84. The van der Waals surface area contributed by atoms with Crippen molar-refractivity contribution in [2.45, 2.75) is 51.0 Å². The molecular weight excluding hydrogens is 220 g/mol. The maximum absolute atomic E-state index is 13.0. The quantitative estimate of drug-likeness (QED) is 0.801. The van der Waals surface area contributed by atoms with Crippen LogP contribution in [0.15, 0.2) is 18.2 Å². The molecule has 1 fully saturated rings. The van der Waals surface area contributed by atoms with Crippen LogP contribution in [0.5, 0.6) is 0 Å². The Balaban J connectivity index is 1.97. The van der Waals surface area contributed by atoms with Crippen LogP contribution in [-0.2, 0) is 0 Å². The first-order chi connectivity index (χ1) is 8.24. The predicted molar refractivity (Wildman–Crippen MR) is 66.1 cm³/mol. The summed E-state index contributed by atoms with van der Waals surface area (Å²) in [7, 11) is 0. The van der Waals surface area contributed by atoms with Gasteiger partial charge in [-0.2, -0.15) is 0 Å². The lowest BCUT2D eigenvalue weighted by atomic mass is 9.96. The minimum atomic E-state index is -0.515. The summed E-state index contributed by atoms with van der Waals surface area (Å²) >= 11 is 0. The summed E-state index contributed by atoms with van der Waals surface area (Å²) in [4.78, 5) is 0. The summed E-state index contributed by atoms with van der Waals surface area (Å²) in [6, 6.07) is 3.99. The predicted octanol–water partition coefficient (Wildman–Crippen LogP) is 4.49. The van der Waals surface area contributed by atoms with E-state index < -0.39 is 11.6 Å². The molecular formula is C14H19F2N. The summed E-state index contributed by atoms with van der Waals surface area (Å²) in [6.07, 6.45) is 8.47. The number of hydrogen-bond donors (Lipinski definition) is 1. The molecule has 1 N–H and O–H groups in total. The number of nitrogens with one attached hydrogen (secondary N) is 1. The topological polar surface area (TPSA) is 12.0 Å². The Morgan fingerprint density at radius 3 is 1.94 bits per heavy atom. The molecule has 0 spiro atoms. The van der Waals surface area contributed by atoms with Crippen LogP contribution >= 0.6 is 0 Å². The third-order valence-electron chi connectivity index (χ3n) is 3.34. The Labute approximate surface area is 101 Å². The molecule has 0 aliphatic heterocycles. The highest BCUT2D eigenvalue weighted by Gasteiger charge is 2.11. The number of hydrogen-bond acceptors (Lipinski definition) is 1. The Kier molecular flexibility index (Phi) is 4.35. The van der Waals surface area contributed by atoms with E-state index in [0.29, 0.717) is 11.7 Å². The maximum Gasteiger partial charge on any atom is 0.128 e. The van der Waals surface area contributed by atoms with Crippen molar-refractivity contribution in [2.24, 2.45) is 0 Å². The van der Waals surface area contributed by atoms with Crippen LogP contribution in [0, 0.1) is 11.6 Å². The maximum atomic E-state index is 13.0. The van der Waals surface area contributed by atoms with Gasteiger partial charge in [-0.1, -0.05) is 32.1 Å². The van der Waals surface area contributed by atoms with Gasteiger partial charge in [0.05, 0.1) is 0 Å². The molecule has 0 aromatic heterocycles. The van der Waals surface area contributed by atoms with E-state index in [-0.39, 0.29) is 0 Å². The molecule has 0 atom stereocenters. The van der Waals surface area contributed by atoms with Gasteiger partial charge in [0.2, 0.25) is 0 Å². The highest BCUT2D eigenvalue weighted by atomic mass is 19.1. The second-order valence-electron chi connectivity index (χ2n) is 4.84. The van der Waals surface area contributed by atoms with Crippen molar-refractivity contribution in [3.8, 4) is 0 Å². The third-order valence-corrected chi connectivity index (χ3v) is 3.34. The Hall–Kier alpha value is -1.12. The summed E-state index contributed by atoms with van der Waals surface area (Å²) < 4.78 is 26.1. The fraction of sp³-hybridized carbons (Fsp3) is 0.571. The minimum Gasteiger partial charge on any atom is -0.382 e. The van der Waals surface area contributed by atoms with Crippen molar-refractivity contribution in [3.63, 3.8) is 0 Å². The van der Waals surface area contributed by atoms with Crippen LogP contribution in [0.4, 0.5) is 14.5 Å². The number of rotatable bonds is 2. The Bertz CT molecular complexity index is 337. The van der Waals surface area contributed by atoms with Gasteiger partial charge in [0.1, 0.15) is 11.6 Å². The molecule has 2 rings (SSSR count). The molecule has 1 aliphatic rings. The molecule has 0 saturated heterocycles. The fourth-order valence-corrected chi connectivity index (χ4v) is 2.47. The molecule has 1 nitrogen and oxygen atoms in total. The van der Waals surface area contributed by atoms with E-state index in [0.717, 1.165) is 18.9 Å². The van der Waals surface area contributed by atoms with Crippen molar-refractivity contribution in [3.05, 3.63) is 29.8 Å². The average molecular weight is 239 g/mol. The van der Waals surface area contributed by atoms with E-state index in [1.165, 1.54) is 44.2 Å². The fourth-order valence-electron chi connectivity index (χ4n) is 2.47. The van der Waals surface area contributed by atoms with Crippen molar-refractivity contribution in [1.82, 2.24) is 0 Å². The van der Waals surface area contributed by atoms with Gasteiger partial charge in [-0.05, 0) is 25.0 Å². The lowest BCUT2D eigenvalue weighted by Gasteiger charge is -2.22. The van der Waals surface area contributed by atoms with Gasteiger partial charge in [-0.15, -0.1) is 0 Å². The molecule has 1 aromatic carbocycles. The van der Waals surface area contributed by atoms with Crippen LogP contribution in [0.25, 0.3) is 0 Å². The molecule has 94 valence electrons. The second kappa shape index (κ2) is 5.99. The van der Waals surface area contributed by atoms with E-state index in [2.05, 4.69) is 5.32 Å². The first kappa shape index (κ1) is 12.3. The van der Waals surface area contributed by atoms with Crippen molar-refractivity contribution < 1.29 is 8.78 Å². The molecule has 1 aliphatic carbocycles. The van der Waals surface area contributed by atoms with Crippen molar-refractivity contribution in [1.29, 1.82) is 0 Å². The van der Waals surface area contributed by atoms with Crippen molar-refractivity contribution in [2.75, 3.05) is 5.32 Å². The number of benzene rings is 1. The van der Waals surface area contributed by atoms with Crippen molar-refractivity contribution >= 4 is 5.69 Å². The zero-order chi connectivity index (χ0) is 12.1. The smallest absolute Gasteiger partial charge is 0.128 e. The molecule has 0 bridgehead atoms. The summed E-state index contributed by atoms with van der Waals surface area (Å²) in [5, 5.41) is 3.25. The molecule has 1 aromatic rings. The van der Waals surface area contributed by atoms with E-state index in [1.54, 1.807) is 0 Å². The lowest BCUT2D eigenvalue weighted by molar-refractivity contribution is 0.471. The van der Waals surface area contributed by atoms with Gasteiger partial charge in [0.15, 0.2) is 0 Å². The monoisotopic (exact) mass is 239 g/mol. The van der Waals surface area contributed by atoms with Gasteiger partial charge in [0, 0.05) is 17.8 Å². The minimum absolute atomic E-state index is 0.358. The van der Waals surface area contributed by atoms with E-state index in [4.69, 9.17) is 0 Å². The van der Waals surface area contributed by atoms with Crippen LogP contribution in [0.3, 0.4) is 0 Å². The van der Waals surface area contributed by atoms with Crippen LogP contribution in [-0.4, -0.2) is 6.04 Å². The van der Waals surface area contributed by atoms with Gasteiger partial charge in [-0.25, -0.2) is 8.78 Å². The Morgan fingerprint density at radius 1 is 0.824 bits per heavy atom. The molecule has 17 heavy (non-hydrogen) atoms. The van der Waals surface area contributed by atoms with E-state index in [9.17, 15) is 8.78 Å². The van der Waals surface area contributed by atoms with Gasteiger partial charge < -0.3 is 5.32 Å². The highest BCUT2D eigenvalue weighted by Crippen LogP contribution is 2.21. The standard InChI is InChI=1S/C14H19F2N/c15-11-8-12(16)10-14(9-11)17-13-6-4-2-1-3-5-7-13/h8-10,13,17H,1-7H2. The normalized spacial score (nSPS) is 18.5. The van der Waals surface area contributed by atoms with Gasteiger partial charge >= 0.3 is 0 Å². The largest absolute Gasteiger partial charge is 0.382 e. The zero-order valence-electron chi connectivity index (χ0n) is 10.0. The molecule has 3 heteroatoms. The summed E-state index contributed by atoms with van der Waals surface area (Å²) in [5.74, 6) is -1.03. The van der Waals surface area contributed by atoms with Gasteiger partial charge in [0.25, 0.3) is 0 Å². The lowest BCUT2D eigenvalue weighted by Crippen LogP contribution is -2.20. The number of halogens is 2. The zero-order valence-corrected chi connectivity index (χ0v) is 10.0. The van der Waals surface area contributed by atoms with Gasteiger partial charge in [-0.3, -0.25) is 0 Å². The first-order valence-corrected chi connectivity index (χ1v) is 6.47. The molecule has 0 amide bonds. The van der Waals surface area contributed by atoms with Crippen LogP contribution in [0.2, 0.25) is 0 Å². The van der Waals surface area contributed by atoms with E-state index >= 15 is 0 Å².